The van der Waals surface area contributed by atoms with Crippen LogP contribution < -0.4 is 0 Å². The summed E-state index contributed by atoms with van der Waals surface area (Å²) in [6.07, 6.45) is 0. The van der Waals surface area contributed by atoms with Crippen molar-refractivity contribution < 1.29 is 4.42 Å². The molecule has 0 saturated carbocycles. The van der Waals surface area contributed by atoms with E-state index in [2.05, 4.69) is 140 Å². The minimum atomic E-state index is -0.202. The van der Waals surface area contributed by atoms with Crippen LogP contribution in [0.4, 0.5) is 0 Å². The molecule has 0 aliphatic heterocycles. The smallest absolute Gasteiger partial charge is 0.160 e. The van der Waals surface area contributed by atoms with Crippen LogP contribution in [0.5, 0.6) is 0 Å². The number of hydrogen-bond donors (Lipinski definition) is 0. The molecule has 0 N–H and O–H groups in total. The lowest BCUT2D eigenvalue weighted by atomic mass is 9.74. The fraction of sp³-hybridized carbons (Fsp3) is 0.0417. The van der Waals surface area contributed by atoms with E-state index in [0.29, 0.717) is 5.82 Å². The van der Waals surface area contributed by atoms with Gasteiger partial charge in [-0.05, 0) is 76.2 Å². The molecule has 7 aromatic carbocycles. The highest BCUT2D eigenvalue weighted by Crippen LogP contribution is 2.52. The maximum Gasteiger partial charge on any atom is 0.160 e. The van der Waals surface area contributed by atoms with E-state index in [4.69, 9.17) is 14.4 Å². The van der Waals surface area contributed by atoms with Crippen LogP contribution in [0.2, 0.25) is 0 Å². The van der Waals surface area contributed by atoms with Crippen molar-refractivity contribution >= 4 is 21.9 Å². The van der Waals surface area contributed by atoms with Crippen molar-refractivity contribution in [2.75, 3.05) is 0 Å². The van der Waals surface area contributed by atoms with E-state index in [9.17, 15) is 0 Å². The van der Waals surface area contributed by atoms with Gasteiger partial charge < -0.3 is 4.42 Å². The summed E-state index contributed by atoms with van der Waals surface area (Å²) in [4.78, 5) is 10.1. The summed E-state index contributed by atoms with van der Waals surface area (Å²) in [5, 5.41) is 2.18. The number of hydrogen-bond acceptors (Lipinski definition) is 3. The fourth-order valence-corrected chi connectivity index (χ4v) is 7.94. The third kappa shape index (κ3) is 4.74. The van der Waals surface area contributed by atoms with Crippen LogP contribution in [0.1, 0.15) is 23.6 Å². The van der Waals surface area contributed by atoms with Gasteiger partial charge in [-0.15, -0.1) is 0 Å². The summed E-state index contributed by atoms with van der Waals surface area (Å²) in [5.74, 6) is 0.698. The van der Waals surface area contributed by atoms with Crippen LogP contribution >= 0.6 is 0 Å². The number of furan rings is 1. The average molecular weight is 653 g/mol. The van der Waals surface area contributed by atoms with E-state index in [-0.39, 0.29) is 5.41 Å². The van der Waals surface area contributed by atoms with E-state index >= 15 is 0 Å². The Balaban J connectivity index is 1.01. The lowest BCUT2D eigenvalue weighted by molar-refractivity contribution is 0.669. The molecule has 0 radical (unpaired) electrons. The van der Waals surface area contributed by atoms with Gasteiger partial charge in [0, 0.05) is 32.9 Å². The first-order valence-electron chi connectivity index (χ1n) is 17.4. The first-order valence-corrected chi connectivity index (χ1v) is 17.4. The second kappa shape index (κ2) is 11.5. The molecule has 0 bridgehead atoms. The van der Waals surface area contributed by atoms with Gasteiger partial charge in [-0.2, -0.15) is 0 Å². The number of nitrogens with zero attached hydrogens (tertiary/aromatic N) is 2. The Morgan fingerprint density at radius 3 is 1.65 bits per heavy atom. The van der Waals surface area contributed by atoms with Crippen LogP contribution in [-0.2, 0) is 5.41 Å². The van der Waals surface area contributed by atoms with Gasteiger partial charge in [0.1, 0.15) is 11.2 Å². The second-order valence-corrected chi connectivity index (χ2v) is 13.5. The standard InChI is InChI=1S/C48H32N2O/c1-48(41-16-8-5-13-37(41)38-14-6-9-17-42(38)48)36-26-23-32(24-27-36)31-19-21-33(22-20-31)43-30-44(50-47(49-43)34-11-3-2-4-12-34)35-25-28-46-40(29-35)39-15-7-10-18-45(39)51-46/h2-30H,1H3. The third-order valence-electron chi connectivity index (χ3n) is 10.6. The predicted molar refractivity (Wildman–Crippen MR) is 208 cm³/mol. The monoisotopic (exact) mass is 652 g/mol. The van der Waals surface area contributed by atoms with Crippen LogP contribution in [0, 0.1) is 0 Å². The molecule has 1 aliphatic rings. The molecule has 240 valence electrons. The highest BCUT2D eigenvalue weighted by atomic mass is 16.3. The molecular weight excluding hydrogens is 621 g/mol. The lowest BCUT2D eigenvalue weighted by Crippen LogP contribution is -2.22. The molecule has 3 nitrogen and oxygen atoms in total. The van der Waals surface area contributed by atoms with Gasteiger partial charge in [0.25, 0.3) is 0 Å². The Bertz CT molecular complexity index is 2700. The minimum absolute atomic E-state index is 0.202. The summed E-state index contributed by atoms with van der Waals surface area (Å²) in [6, 6.07) is 62.2. The number of benzene rings is 7. The summed E-state index contributed by atoms with van der Waals surface area (Å²) in [6.45, 7) is 2.36. The first kappa shape index (κ1) is 29.3. The Morgan fingerprint density at radius 1 is 0.412 bits per heavy atom. The van der Waals surface area contributed by atoms with Crippen LogP contribution in [0.25, 0.3) is 78.1 Å². The summed E-state index contributed by atoms with van der Waals surface area (Å²) in [7, 11) is 0. The molecule has 9 aromatic rings. The first-order chi connectivity index (χ1) is 25.1. The van der Waals surface area contributed by atoms with Crippen LogP contribution in [-0.4, -0.2) is 9.97 Å². The number of fused-ring (bicyclic) bond motifs is 6. The zero-order chi connectivity index (χ0) is 33.9. The zero-order valence-corrected chi connectivity index (χ0v) is 28.0. The Kier molecular flexibility index (Phi) is 6.62. The highest BCUT2D eigenvalue weighted by molar-refractivity contribution is 6.06. The van der Waals surface area contributed by atoms with Crippen molar-refractivity contribution in [2.24, 2.45) is 0 Å². The van der Waals surface area contributed by atoms with Gasteiger partial charge in [0.15, 0.2) is 5.82 Å². The van der Waals surface area contributed by atoms with Gasteiger partial charge in [0.2, 0.25) is 0 Å². The maximum absolute atomic E-state index is 6.11. The Labute approximate surface area is 296 Å². The number of rotatable bonds is 5. The third-order valence-corrected chi connectivity index (χ3v) is 10.6. The lowest BCUT2D eigenvalue weighted by Gasteiger charge is -2.28. The zero-order valence-electron chi connectivity index (χ0n) is 28.0. The van der Waals surface area contributed by atoms with Crippen molar-refractivity contribution in [3.05, 3.63) is 193 Å². The van der Waals surface area contributed by atoms with E-state index in [1.165, 1.54) is 33.4 Å². The molecule has 0 fully saturated rings. The maximum atomic E-state index is 6.11. The molecule has 10 rings (SSSR count). The molecule has 3 heteroatoms. The van der Waals surface area contributed by atoms with Crippen molar-refractivity contribution in [2.45, 2.75) is 12.3 Å². The largest absolute Gasteiger partial charge is 0.456 e. The quantitative estimate of drug-likeness (QED) is 0.186. The summed E-state index contributed by atoms with van der Waals surface area (Å²) >= 11 is 0. The molecule has 0 amide bonds. The summed E-state index contributed by atoms with van der Waals surface area (Å²) < 4.78 is 6.11. The van der Waals surface area contributed by atoms with E-state index in [0.717, 1.165) is 55.6 Å². The molecule has 2 heterocycles. The van der Waals surface area contributed by atoms with Gasteiger partial charge in [0.05, 0.1) is 11.4 Å². The molecule has 1 aliphatic carbocycles. The van der Waals surface area contributed by atoms with Crippen molar-refractivity contribution in [3.63, 3.8) is 0 Å². The van der Waals surface area contributed by atoms with Gasteiger partial charge in [-0.3, -0.25) is 0 Å². The topological polar surface area (TPSA) is 38.9 Å². The van der Waals surface area contributed by atoms with E-state index in [1.807, 2.05) is 42.5 Å². The Hall–Kier alpha value is -6.58. The molecular formula is C48H32N2O. The van der Waals surface area contributed by atoms with Crippen molar-refractivity contribution in [1.82, 2.24) is 9.97 Å². The predicted octanol–water partition coefficient (Wildman–Crippen LogP) is 12.4. The molecule has 0 atom stereocenters. The molecule has 2 aromatic heterocycles. The van der Waals surface area contributed by atoms with Gasteiger partial charge >= 0.3 is 0 Å². The molecule has 0 spiro atoms. The van der Waals surface area contributed by atoms with Crippen molar-refractivity contribution in [1.29, 1.82) is 0 Å². The van der Waals surface area contributed by atoms with E-state index in [1.54, 1.807) is 0 Å². The van der Waals surface area contributed by atoms with Crippen LogP contribution in [0.3, 0.4) is 0 Å². The van der Waals surface area contributed by atoms with Crippen LogP contribution in [0.15, 0.2) is 180 Å². The highest BCUT2D eigenvalue weighted by Gasteiger charge is 2.40. The molecule has 0 unspecified atom stereocenters. The molecule has 0 saturated heterocycles. The Morgan fingerprint density at radius 2 is 0.941 bits per heavy atom. The fourth-order valence-electron chi connectivity index (χ4n) is 7.94. The average Bonchev–Trinajstić information content (AvgIpc) is 3.71. The number of aromatic nitrogens is 2. The minimum Gasteiger partial charge on any atom is -0.456 e. The normalized spacial score (nSPS) is 13.0. The molecule has 51 heavy (non-hydrogen) atoms. The SMILES string of the molecule is CC1(c2ccc(-c3ccc(-c4cc(-c5ccc6oc7ccccc7c6c5)nc(-c5ccccc5)n4)cc3)cc2)c2ccccc2-c2ccccc21. The summed E-state index contributed by atoms with van der Waals surface area (Å²) in [5.41, 5.74) is 15.4. The van der Waals surface area contributed by atoms with Crippen molar-refractivity contribution in [3.8, 4) is 56.2 Å². The van der Waals surface area contributed by atoms with Gasteiger partial charge in [-0.25, -0.2) is 9.97 Å². The van der Waals surface area contributed by atoms with E-state index < -0.39 is 0 Å². The second-order valence-electron chi connectivity index (χ2n) is 13.5. The number of para-hydroxylation sites is 1. The van der Waals surface area contributed by atoms with Gasteiger partial charge in [-0.1, -0.05) is 146 Å².